The van der Waals surface area contributed by atoms with E-state index in [9.17, 15) is 4.39 Å². The molecule has 0 fully saturated rings. The maximum absolute atomic E-state index is 13.8. The van der Waals surface area contributed by atoms with Crippen LogP contribution < -0.4 is 0 Å². The fraction of sp³-hybridized carbons (Fsp3) is 1.00. The van der Waals surface area contributed by atoms with Crippen molar-refractivity contribution in [2.24, 2.45) is 0 Å². The lowest BCUT2D eigenvalue weighted by Crippen LogP contribution is -2.04. The van der Waals surface area contributed by atoms with Crippen LogP contribution in [0.25, 0.3) is 0 Å². The Balaban J connectivity index is 3.27. The lowest BCUT2D eigenvalue weighted by atomic mass is 10.0. The van der Waals surface area contributed by atoms with E-state index in [-0.39, 0.29) is 0 Å². The molecule has 0 aromatic rings. The maximum Gasteiger partial charge on any atom is 0.100 e. The summed E-state index contributed by atoms with van der Waals surface area (Å²) in [6.07, 6.45) is 21.5. The molecule has 2 unspecified atom stereocenters. The SMILES string of the molecule is CCCCCCCCCCCC(S)CCCC(F)CCCCCC. The summed E-state index contributed by atoms with van der Waals surface area (Å²) in [6, 6.07) is 0. The third-order valence-corrected chi connectivity index (χ3v) is 5.58. The van der Waals surface area contributed by atoms with Crippen LogP contribution in [0, 0.1) is 0 Å². The summed E-state index contributed by atoms with van der Waals surface area (Å²) in [4.78, 5) is 0. The second kappa shape index (κ2) is 19.6. The summed E-state index contributed by atoms with van der Waals surface area (Å²) >= 11 is 4.69. The third kappa shape index (κ3) is 18.6. The molecule has 0 aliphatic carbocycles. The van der Waals surface area contributed by atoms with E-state index >= 15 is 0 Å². The highest BCUT2D eigenvalue weighted by Crippen LogP contribution is 2.19. The molecule has 0 saturated heterocycles. The van der Waals surface area contributed by atoms with Crippen LogP contribution in [0.1, 0.15) is 129 Å². The lowest BCUT2D eigenvalue weighted by molar-refractivity contribution is 0.279. The van der Waals surface area contributed by atoms with Gasteiger partial charge < -0.3 is 0 Å². The second-order valence-corrected chi connectivity index (χ2v) is 8.38. The average molecular weight is 361 g/mol. The molecular formula is C22H45FS. The molecule has 0 aliphatic rings. The minimum absolute atomic E-state index is 0.488. The summed E-state index contributed by atoms with van der Waals surface area (Å²) in [5, 5.41) is 0.488. The normalized spacial score (nSPS) is 14.0. The number of unbranched alkanes of at least 4 members (excludes halogenated alkanes) is 11. The van der Waals surface area contributed by atoms with Crippen LogP contribution in [0.5, 0.6) is 0 Å². The molecule has 2 heteroatoms. The minimum Gasteiger partial charge on any atom is -0.247 e. The van der Waals surface area contributed by atoms with Gasteiger partial charge in [-0.2, -0.15) is 12.6 Å². The molecule has 0 nitrogen and oxygen atoms in total. The van der Waals surface area contributed by atoms with Crippen LogP contribution in [0.2, 0.25) is 0 Å². The highest BCUT2D eigenvalue weighted by atomic mass is 32.1. The van der Waals surface area contributed by atoms with Crippen LogP contribution in [0.3, 0.4) is 0 Å². The topological polar surface area (TPSA) is 0 Å². The smallest absolute Gasteiger partial charge is 0.100 e. The molecule has 0 bridgehead atoms. The van der Waals surface area contributed by atoms with Gasteiger partial charge in [-0.1, -0.05) is 97.3 Å². The molecule has 0 spiro atoms. The molecule has 0 radical (unpaired) electrons. The van der Waals surface area contributed by atoms with E-state index in [1.54, 1.807) is 0 Å². The van der Waals surface area contributed by atoms with E-state index in [0.29, 0.717) is 5.25 Å². The van der Waals surface area contributed by atoms with E-state index in [0.717, 1.165) is 32.1 Å². The predicted octanol–water partition coefficient (Wildman–Crippen LogP) is 8.68. The summed E-state index contributed by atoms with van der Waals surface area (Å²) in [6.45, 7) is 4.47. The monoisotopic (exact) mass is 360 g/mol. The Morgan fingerprint density at radius 1 is 0.542 bits per heavy atom. The zero-order valence-electron chi connectivity index (χ0n) is 16.7. The molecule has 0 aliphatic heterocycles. The Labute approximate surface area is 158 Å². The largest absolute Gasteiger partial charge is 0.247 e. The molecular weight excluding hydrogens is 315 g/mol. The third-order valence-electron chi connectivity index (χ3n) is 5.07. The van der Waals surface area contributed by atoms with E-state index in [4.69, 9.17) is 12.6 Å². The number of rotatable bonds is 19. The van der Waals surface area contributed by atoms with Crippen molar-refractivity contribution in [1.29, 1.82) is 0 Å². The molecule has 0 heterocycles. The summed E-state index contributed by atoms with van der Waals surface area (Å²) in [5.74, 6) is 0. The fourth-order valence-corrected chi connectivity index (χ4v) is 3.71. The molecule has 146 valence electrons. The molecule has 0 rings (SSSR count). The number of hydrogen-bond acceptors (Lipinski definition) is 1. The maximum atomic E-state index is 13.8. The first kappa shape index (κ1) is 24.3. The van der Waals surface area contributed by atoms with Gasteiger partial charge in [-0.3, -0.25) is 0 Å². The zero-order chi connectivity index (χ0) is 17.9. The quantitative estimate of drug-likeness (QED) is 0.173. The molecule has 0 aromatic carbocycles. The highest BCUT2D eigenvalue weighted by Gasteiger charge is 2.08. The van der Waals surface area contributed by atoms with Crippen molar-refractivity contribution in [2.75, 3.05) is 0 Å². The Hall–Kier alpha value is 0.280. The van der Waals surface area contributed by atoms with Crippen molar-refractivity contribution >= 4 is 12.6 Å². The van der Waals surface area contributed by atoms with Crippen LogP contribution in [-0.4, -0.2) is 11.4 Å². The Bertz CT molecular complexity index is 232. The minimum atomic E-state index is -0.574. The van der Waals surface area contributed by atoms with Crippen molar-refractivity contribution < 1.29 is 4.39 Å². The van der Waals surface area contributed by atoms with E-state index < -0.39 is 6.17 Å². The first-order valence-corrected chi connectivity index (χ1v) is 11.5. The molecule has 0 N–H and O–H groups in total. The molecule has 2 atom stereocenters. The van der Waals surface area contributed by atoms with Gasteiger partial charge in [-0.05, 0) is 32.1 Å². The number of hydrogen-bond donors (Lipinski definition) is 1. The molecule has 24 heavy (non-hydrogen) atoms. The highest BCUT2D eigenvalue weighted by molar-refractivity contribution is 7.80. The Morgan fingerprint density at radius 3 is 1.50 bits per heavy atom. The summed E-state index contributed by atoms with van der Waals surface area (Å²) < 4.78 is 13.8. The number of alkyl halides is 1. The van der Waals surface area contributed by atoms with Gasteiger partial charge in [-0.25, -0.2) is 4.39 Å². The predicted molar refractivity (Wildman–Crippen MR) is 112 cm³/mol. The van der Waals surface area contributed by atoms with Crippen LogP contribution in [0.15, 0.2) is 0 Å². The second-order valence-electron chi connectivity index (χ2n) is 7.65. The standard InChI is InChI=1S/C22H45FS/c1-3-5-7-9-10-11-12-13-15-19-22(24)20-16-18-21(23)17-14-8-6-4-2/h21-22,24H,3-20H2,1-2H3. The number of halogens is 1. The van der Waals surface area contributed by atoms with Gasteiger partial charge in [-0.15, -0.1) is 0 Å². The van der Waals surface area contributed by atoms with Gasteiger partial charge in [0.1, 0.15) is 6.17 Å². The lowest BCUT2D eigenvalue weighted by Gasteiger charge is -2.12. The van der Waals surface area contributed by atoms with Gasteiger partial charge in [0.25, 0.3) is 0 Å². The zero-order valence-corrected chi connectivity index (χ0v) is 17.6. The Kier molecular flexibility index (Phi) is 19.8. The first-order valence-electron chi connectivity index (χ1n) is 11.0. The fourth-order valence-electron chi connectivity index (χ4n) is 3.35. The van der Waals surface area contributed by atoms with Gasteiger partial charge in [0.15, 0.2) is 0 Å². The molecule has 0 aromatic heterocycles. The van der Waals surface area contributed by atoms with Gasteiger partial charge in [0.2, 0.25) is 0 Å². The van der Waals surface area contributed by atoms with Crippen LogP contribution in [-0.2, 0) is 0 Å². The van der Waals surface area contributed by atoms with Crippen LogP contribution >= 0.6 is 12.6 Å². The van der Waals surface area contributed by atoms with Crippen molar-refractivity contribution in [1.82, 2.24) is 0 Å². The molecule has 0 amide bonds. The Morgan fingerprint density at radius 2 is 0.917 bits per heavy atom. The first-order chi connectivity index (χ1) is 11.7. The van der Waals surface area contributed by atoms with Crippen molar-refractivity contribution in [3.05, 3.63) is 0 Å². The van der Waals surface area contributed by atoms with Crippen LogP contribution in [0.4, 0.5) is 4.39 Å². The van der Waals surface area contributed by atoms with Crippen molar-refractivity contribution in [2.45, 2.75) is 141 Å². The van der Waals surface area contributed by atoms with E-state index in [1.165, 1.54) is 83.5 Å². The van der Waals surface area contributed by atoms with Gasteiger partial charge >= 0.3 is 0 Å². The van der Waals surface area contributed by atoms with Gasteiger partial charge in [0.05, 0.1) is 0 Å². The number of thiol groups is 1. The molecule has 0 saturated carbocycles. The van der Waals surface area contributed by atoms with Gasteiger partial charge in [0, 0.05) is 5.25 Å². The summed E-state index contributed by atoms with van der Waals surface area (Å²) in [7, 11) is 0. The van der Waals surface area contributed by atoms with E-state index in [2.05, 4.69) is 13.8 Å². The van der Waals surface area contributed by atoms with E-state index in [1.807, 2.05) is 0 Å². The van der Waals surface area contributed by atoms with Crippen molar-refractivity contribution in [3.63, 3.8) is 0 Å². The van der Waals surface area contributed by atoms with Crippen molar-refractivity contribution in [3.8, 4) is 0 Å². The average Bonchev–Trinajstić information content (AvgIpc) is 2.57. The summed E-state index contributed by atoms with van der Waals surface area (Å²) in [5.41, 5.74) is 0.